The Labute approximate surface area is 152 Å². The number of hydrogen-bond donors (Lipinski definition) is 2. The summed E-state index contributed by atoms with van der Waals surface area (Å²) in [7, 11) is 0. The molecular weight excluding hydrogens is 340 g/mol. The van der Waals surface area contributed by atoms with Crippen LogP contribution < -0.4 is 22.7 Å². The first-order chi connectivity index (χ1) is 11.6. The predicted molar refractivity (Wildman–Crippen MR) is 92.6 cm³/mol. The summed E-state index contributed by atoms with van der Waals surface area (Å²) < 4.78 is 5.07. The number of anilines is 2. The van der Waals surface area contributed by atoms with Crippen LogP contribution in [0.4, 0.5) is 11.4 Å². The molecule has 0 aliphatic rings. The van der Waals surface area contributed by atoms with Crippen LogP contribution >= 0.6 is 0 Å². The second kappa shape index (κ2) is 7.85. The second-order valence-electron chi connectivity index (χ2n) is 5.52. The summed E-state index contributed by atoms with van der Waals surface area (Å²) in [6.07, 6.45) is 0. The molecule has 0 fully saturated rings. The summed E-state index contributed by atoms with van der Waals surface area (Å²) >= 11 is 0. The molecule has 1 aromatic heterocycles. The van der Waals surface area contributed by atoms with Gasteiger partial charge < -0.3 is 27.6 Å². The molecule has 0 amide bonds. The molecule has 5 nitrogen and oxygen atoms in total. The Hall–Kier alpha value is -2.79. The van der Waals surface area contributed by atoms with Gasteiger partial charge in [-0.1, -0.05) is 6.07 Å². The first-order valence-corrected chi connectivity index (χ1v) is 7.76. The van der Waals surface area contributed by atoms with Crippen molar-refractivity contribution in [2.75, 3.05) is 11.9 Å². The van der Waals surface area contributed by atoms with Crippen molar-refractivity contribution in [2.24, 2.45) is 0 Å². The number of aromatic amines is 1. The van der Waals surface area contributed by atoms with E-state index in [-0.39, 0.29) is 24.1 Å². The van der Waals surface area contributed by atoms with Crippen LogP contribution in [0.2, 0.25) is 0 Å². The van der Waals surface area contributed by atoms with E-state index in [1.54, 1.807) is 37.3 Å². The molecule has 0 radical (unpaired) electrons. The number of esters is 1. The third-order valence-electron chi connectivity index (χ3n) is 3.64. The molecule has 0 saturated heterocycles. The van der Waals surface area contributed by atoms with Gasteiger partial charge in [0.05, 0.1) is 23.2 Å². The topological polar surface area (TPSA) is 72.7 Å². The number of H-pyrrole nitrogens is 1. The van der Waals surface area contributed by atoms with Crippen molar-refractivity contribution in [3.05, 3.63) is 59.8 Å². The number of pyridine rings is 1. The Kier molecular flexibility index (Phi) is 5.83. The first-order valence-electron chi connectivity index (χ1n) is 7.76. The number of rotatable bonds is 4. The number of aryl methyl sites for hydroxylation is 1. The van der Waals surface area contributed by atoms with Crippen LogP contribution in [0, 0.1) is 6.92 Å². The Morgan fingerprint density at radius 1 is 1.20 bits per heavy atom. The molecular formula is C19H19ClN2O3. The van der Waals surface area contributed by atoms with Gasteiger partial charge in [0.25, 0.3) is 0 Å². The van der Waals surface area contributed by atoms with Gasteiger partial charge in [-0.2, -0.15) is 0 Å². The molecule has 130 valence electrons. The summed E-state index contributed by atoms with van der Waals surface area (Å²) in [5.74, 6) is -0.154. The van der Waals surface area contributed by atoms with E-state index in [9.17, 15) is 9.90 Å². The minimum Gasteiger partial charge on any atom is -1.00 e. The number of benzene rings is 2. The second-order valence-corrected chi connectivity index (χ2v) is 5.52. The fourth-order valence-electron chi connectivity index (χ4n) is 2.60. The molecule has 3 rings (SSSR count). The quantitative estimate of drug-likeness (QED) is 0.670. The van der Waals surface area contributed by atoms with Crippen molar-refractivity contribution in [2.45, 2.75) is 13.8 Å². The third-order valence-corrected chi connectivity index (χ3v) is 3.64. The van der Waals surface area contributed by atoms with Gasteiger partial charge in [0, 0.05) is 30.8 Å². The number of phenols is 1. The third kappa shape index (κ3) is 4.19. The largest absolute Gasteiger partial charge is 1.00 e. The highest BCUT2D eigenvalue weighted by Crippen LogP contribution is 2.27. The van der Waals surface area contributed by atoms with Crippen LogP contribution in [0.1, 0.15) is 23.0 Å². The molecule has 0 saturated carbocycles. The molecule has 0 bridgehead atoms. The van der Waals surface area contributed by atoms with E-state index in [0.717, 1.165) is 28.0 Å². The lowest BCUT2D eigenvalue weighted by Gasteiger charge is -2.10. The molecule has 6 heteroatoms. The first kappa shape index (κ1) is 18.5. The summed E-state index contributed by atoms with van der Waals surface area (Å²) in [5, 5.41) is 13.8. The monoisotopic (exact) mass is 358 g/mol. The van der Waals surface area contributed by atoms with Crippen molar-refractivity contribution in [1.29, 1.82) is 0 Å². The Morgan fingerprint density at radius 3 is 2.72 bits per heavy atom. The van der Waals surface area contributed by atoms with Crippen LogP contribution in [-0.4, -0.2) is 17.7 Å². The van der Waals surface area contributed by atoms with Gasteiger partial charge in [-0.05, 0) is 31.2 Å². The molecule has 3 aromatic rings. The predicted octanol–water partition coefficient (Wildman–Crippen LogP) is 0.592. The maximum atomic E-state index is 12.0. The molecule has 0 unspecified atom stereocenters. The van der Waals surface area contributed by atoms with Crippen molar-refractivity contribution in [3.63, 3.8) is 0 Å². The minimum absolute atomic E-state index is 0. The molecule has 1 heterocycles. The van der Waals surface area contributed by atoms with Crippen molar-refractivity contribution in [3.8, 4) is 5.75 Å². The lowest BCUT2D eigenvalue weighted by Crippen LogP contribution is -3.00. The Bertz CT molecular complexity index is 912. The number of carbonyl (C=O) groups is 1. The summed E-state index contributed by atoms with van der Waals surface area (Å²) in [6, 6.07) is 14.3. The molecule has 0 atom stereocenters. The number of halogens is 1. The normalized spacial score (nSPS) is 10.2. The molecule has 2 aromatic carbocycles. The summed E-state index contributed by atoms with van der Waals surface area (Å²) in [6.45, 7) is 4.09. The standard InChI is InChI=1S/C19H18N2O3.ClH/c1-3-24-19(23)13-7-8-17-16(10-13)18(9-12(2)20-17)21-14-5-4-6-15(22)11-14;/h4-11,22H,3H2,1-2H3,(H,20,21);1H. The lowest BCUT2D eigenvalue weighted by molar-refractivity contribution is -0.354. The van der Waals surface area contributed by atoms with Crippen molar-refractivity contribution in [1.82, 2.24) is 0 Å². The van der Waals surface area contributed by atoms with E-state index < -0.39 is 0 Å². The average Bonchev–Trinajstić information content (AvgIpc) is 2.54. The molecule has 0 spiro atoms. The smallest absolute Gasteiger partial charge is 0.338 e. The number of aromatic nitrogens is 1. The van der Waals surface area contributed by atoms with Crippen LogP contribution in [0.5, 0.6) is 5.75 Å². The number of phenolic OH excluding ortho intramolecular Hbond substituents is 1. The zero-order valence-corrected chi connectivity index (χ0v) is 14.7. The van der Waals surface area contributed by atoms with E-state index in [2.05, 4.69) is 10.3 Å². The highest BCUT2D eigenvalue weighted by Gasteiger charge is 2.14. The number of ether oxygens (including phenoxy) is 1. The van der Waals surface area contributed by atoms with Gasteiger partial charge in [0.2, 0.25) is 5.52 Å². The van der Waals surface area contributed by atoms with E-state index in [1.165, 1.54) is 0 Å². The van der Waals surface area contributed by atoms with Gasteiger partial charge in [-0.3, -0.25) is 0 Å². The van der Waals surface area contributed by atoms with Gasteiger partial charge in [-0.15, -0.1) is 0 Å². The van der Waals surface area contributed by atoms with Crippen molar-refractivity contribution < 1.29 is 32.0 Å². The highest BCUT2D eigenvalue weighted by atomic mass is 35.5. The number of hydrogen-bond acceptors (Lipinski definition) is 4. The minimum atomic E-state index is -0.344. The fraction of sp³-hybridized carbons (Fsp3) is 0.158. The van der Waals surface area contributed by atoms with Crippen LogP contribution in [0.3, 0.4) is 0 Å². The number of fused-ring (bicyclic) bond motifs is 1. The molecule has 0 aliphatic carbocycles. The van der Waals surface area contributed by atoms with Crippen LogP contribution in [-0.2, 0) is 4.74 Å². The van der Waals surface area contributed by atoms with E-state index in [1.807, 2.05) is 25.1 Å². The van der Waals surface area contributed by atoms with Crippen LogP contribution in [0.25, 0.3) is 10.9 Å². The van der Waals surface area contributed by atoms with E-state index in [4.69, 9.17) is 4.74 Å². The number of carbonyl (C=O) groups excluding carboxylic acids is 1. The zero-order valence-electron chi connectivity index (χ0n) is 14.0. The maximum Gasteiger partial charge on any atom is 0.338 e. The van der Waals surface area contributed by atoms with E-state index in [0.29, 0.717) is 12.2 Å². The number of nitrogens with one attached hydrogen (secondary N) is 2. The van der Waals surface area contributed by atoms with Crippen LogP contribution in [0.15, 0.2) is 48.5 Å². The Balaban J connectivity index is 0.00000225. The molecule has 3 N–H and O–H groups in total. The average molecular weight is 359 g/mol. The van der Waals surface area contributed by atoms with E-state index >= 15 is 0 Å². The maximum absolute atomic E-state index is 12.0. The fourth-order valence-corrected chi connectivity index (χ4v) is 2.60. The zero-order chi connectivity index (χ0) is 17.1. The molecule has 0 aliphatic heterocycles. The summed E-state index contributed by atoms with van der Waals surface area (Å²) in [4.78, 5) is 15.3. The molecule has 25 heavy (non-hydrogen) atoms. The summed E-state index contributed by atoms with van der Waals surface area (Å²) in [5.41, 5.74) is 4.00. The van der Waals surface area contributed by atoms with Gasteiger partial charge in [-0.25, -0.2) is 9.78 Å². The Morgan fingerprint density at radius 2 is 2.00 bits per heavy atom. The highest BCUT2D eigenvalue weighted by molar-refractivity contribution is 5.98. The van der Waals surface area contributed by atoms with Gasteiger partial charge >= 0.3 is 5.97 Å². The van der Waals surface area contributed by atoms with Gasteiger partial charge in [0.15, 0.2) is 5.69 Å². The SMILES string of the molecule is CCOC(=O)c1ccc2[nH+]c(C)cc(Nc3cccc(O)c3)c2c1.[Cl-]. The lowest BCUT2D eigenvalue weighted by atomic mass is 10.1. The van der Waals surface area contributed by atoms with Crippen molar-refractivity contribution >= 4 is 28.2 Å². The van der Waals surface area contributed by atoms with Gasteiger partial charge in [0.1, 0.15) is 5.75 Å². The number of aromatic hydroxyl groups is 1.